The highest BCUT2D eigenvalue weighted by molar-refractivity contribution is 7.98. The number of aliphatic carboxylic acids is 1. The average molecular weight is 277 g/mol. The fraction of sp³-hybridized carbons (Fsp3) is 0.0769. The van der Waals surface area contributed by atoms with E-state index in [4.69, 9.17) is 5.11 Å². The summed E-state index contributed by atoms with van der Waals surface area (Å²) in [6.07, 6.45) is 4.56. The molecule has 0 bridgehead atoms. The van der Waals surface area contributed by atoms with Gasteiger partial charge in [-0.3, -0.25) is 0 Å². The molecule has 18 heavy (non-hydrogen) atoms. The van der Waals surface area contributed by atoms with Crippen LogP contribution in [0, 0.1) is 0 Å². The minimum absolute atomic E-state index is 0.800. The van der Waals surface area contributed by atoms with Crippen LogP contribution in [-0.4, -0.2) is 16.1 Å². The Morgan fingerprint density at radius 2 is 2.33 bits per heavy atom. The molecular formula is C13H11NO2S2. The van der Waals surface area contributed by atoms with E-state index in [1.54, 1.807) is 35.4 Å². The summed E-state index contributed by atoms with van der Waals surface area (Å²) >= 11 is 3.27. The Kier molecular flexibility index (Phi) is 4.55. The smallest absolute Gasteiger partial charge is 0.328 e. The summed E-state index contributed by atoms with van der Waals surface area (Å²) in [7, 11) is 0. The van der Waals surface area contributed by atoms with Gasteiger partial charge in [-0.1, -0.05) is 6.07 Å². The van der Waals surface area contributed by atoms with Gasteiger partial charge in [0.05, 0.1) is 5.03 Å². The molecule has 0 spiro atoms. The Balaban J connectivity index is 2.02. The van der Waals surface area contributed by atoms with E-state index in [0.717, 1.165) is 27.3 Å². The number of thioether (sulfide) groups is 1. The van der Waals surface area contributed by atoms with Gasteiger partial charge in [-0.25, -0.2) is 9.78 Å². The standard InChI is InChI=1S/C13H11NO2S2/c15-13(16)5-4-10-6-8-17-11(10)9-18-12-3-1-2-7-14-12/h1-8H,9H2,(H,15,16). The first kappa shape index (κ1) is 12.9. The first-order valence-electron chi connectivity index (χ1n) is 5.27. The molecule has 0 amide bonds. The molecule has 0 aliphatic rings. The summed E-state index contributed by atoms with van der Waals surface area (Å²) in [5.74, 6) is -0.127. The maximum Gasteiger partial charge on any atom is 0.328 e. The number of hydrogen-bond acceptors (Lipinski definition) is 4. The zero-order chi connectivity index (χ0) is 12.8. The van der Waals surface area contributed by atoms with E-state index >= 15 is 0 Å². The number of carboxylic acid groups (broad SMARTS) is 1. The Hall–Kier alpha value is -1.59. The van der Waals surface area contributed by atoms with Crippen LogP contribution in [0.15, 0.2) is 46.9 Å². The Bertz CT molecular complexity index is 549. The lowest BCUT2D eigenvalue weighted by molar-refractivity contribution is -0.131. The summed E-state index contributed by atoms with van der Waals surface area (Å²) in [6, 6.07) is 7.73. The summed E-state index contributed by atoms with van der Waals surface area (Å²) in [5.41, 5.74) is 0.964. The van der Waals surface area contributed by atoms with Gasteiger partial charge in [-0.2, -0.15) is 0 Å². The van der Waals surface area contributed by atoms with Crippen molar-refractivity contribution in [1.82, 2.24) is 4.98 Å². The van der Waals surface area contributed by atoms with E-state index in [-0.39, 0.29) is 0 Å². The van der Waals surface area contributed by atoms with Crippen molar-refractivity contribution in [3.8, 4) is 0 Å². The second-order valence-electron chi connectivity index (χ2n) is 3.43. The topological polar surface area (TPSA) is 50.2 Å². The Labute approximate surface area is 113 Å². The molecule has 3 nitrogen and oxygen atoms in total. The van der Waals surface area contributed by atoms with Gasteiger partial charge in [0.25, 0.3) is 0 Å². The van der Waals surface area contributed by atoms with Crippen LogP contribution in [0.5, 0.6) is 0 Å². The van der Waals surface area contributed by atoms with Gasteiger partial charge < -0.3 is 5.11 Å². The average Bonchev–Trinajstić information content (AvgIpc) is 2.82. The zero-order valence-corrected chi connectivity index (χ0v) is 11.1. The van der Waals surface area contributed by atoms with Crippen LogP contribution in [0.25, 0.3) is 6.08 Å². The van der Waals surface area contributed by atoms with Gasteiger partial charge in [0.2, 0.25) is 0 Å². The van der Waals surface area contributed by atoms with Crippen LogP contribution in [-0.2, 0) is 10.5 Å². The zero-order valence-electron chi connectivity index (χ0n) is 9.45. The number of carboxylic acids is 1. The van der Waals surface area contributed by atoms with Crippen LogP contribution in [0.2, 0.25) is 0 Å². The van der Waals surface area contributed by atoms with Crippen molar-refractivity contribution in [2.75, 3.05) is 0 Å². The van der Waals surface area contributed by atoms with Crippen LogP contribution in [0.3, 0.4) is 0 Å². The maximum atomic E-state index is 10.5. The maximum absolute atomic E-state index is 10.5. The molecule has 0 aromatic carbocycles. The fourth-order valence-corrected chi connectivity index (χ4v) is 3.21. The van der Waals surface area contributed by atoms with Crippen LogP contribution in [0.1, 0.15) is 10.4 Å². The first-order chi connectivity index (χ1) is 8.75. The number of carbonyl (C=O) groups is 1. The lowest BCUT2D eigenvalue weighted by Crippen LogP contribution is -1.86. The molecular weight excluding hydrogens is 266 g/mol. The van der Waals surface area contributed by atoms with Gasteiger partial charge in [0.1, 0.15) is 0 Å². The Morgan fingerprint density at radius 3 is 3.06 bits per heavy atom. The Morgan fingerprint density at radius 1 is 1.44 bits per heavy atom. The second kappa shape index (κ2) is 6.37. The quantitative estimate of drug-likeness (QED) is 0.671. The lowest BCUT2D eigenvalue weighted by Gasteiger charge is -1.99. The van der Waals surface area contributed by atoms with E-state index in [1.165, 1.54) is 0 Å². The van der Waals surface area contributed by atoms with Crippen LogP contribution >= 0.6 is 23.1 Å². The second-order valence-corrected chi connectivity index (χ2v) is 5.42. The van der Waals surface area contributed by atoms with E-state index in [0.29, 0.717) is 0 Å². The molecule has 0 aliphatic heterocycles. The number of rotatable bonds is 5. The molecule has 2 aromatic rings. The molecule has 2 heterocycles. The van der Waals surface area contributed by atoms with E-state index in [9.17, 15) is 4.79 Å². The summed E-state index contributed by atoms with van der Waals surface area (Å²) in [6.45, 7) is 0. The van der Waals surface area contributed by atoms with Crippen molar-refractivity contribution >= 4 is 35.1 Å². The minimum Gasteiger partial charge on any atom is -0.478 e. The first-order valence-corrected chi connectivity index (χ1v) is 7.13. The predicted octanol–water partition coefficient (Wildman–Crippen LogP) is 3.53. The third-order valence-corrected chi connectivity index (χ3v) is 4.26. The minimum atomic E-state index is -0.926. The van der Waals surface area contributed by atoms with Crippen molar-refractivity contribution in [3.05, 3.63) is 52.4 Å². The molecule has 1 N–H and O–H groups in total. The van der Waals surface area contributed by atoms with Gasteiger partial charge in [-0.05, 0) is 35.2 Å². The summed E-state index contributed by atoms with van der Waals surface area (Å²) in [5, 5.41) is 11.6. The number of thiophene rings is 1. The summed E-state index contributed by atoms with van der Waals surface area (Å²) < 4.78 is 0. The highest BCUT2D eigenvalue weighted by Crippen LogP contribution is 2.27. The van der Waals surface area contributed by atoms with Crippen molar-refractivity contribution in [2.24, 2.45) is 0 Å². The normalized spacial score (nSPS) is 10.9. The van der Waals surface area contributed by atoms with Crippen molar-refractivity contribution in [3.63, 3.8) is 0 Å². The van der Waals surface area contributed by atoms with E-state index in [1.807, 2.05) is 29.6 Å². The molecule has 0 radical (unpaired) electrons. The highest BCUT2D eigenvalue weighted by Gasteiger charge is 2.03. The van der Waals surface area contributed by atoms with Crippen LogP contribution < -0.4 is 0 Å². The largest absolute Gasteiger partial charge is 0.478 e. The molecule has 2 rings (SSSR count). The molecule has 2 aromatic heterocycles. The van der Waals surface area contributed by atoms with E-state index < -0.39 is 5.97 Å². The van der Waals surface area contributed by atoms with Gasteiger partial charge in [0.15, 0.2) is 0 Å². The third kappa shape index (κ3) is 3.72. The number of hydrogen-bond donors (Lipinski definition) is 1. The molecule has 0 saturated heterocycles. The molecule has 0 atom stereocenters. The lowest BCUT2D eigenvalue weighted by atomic mass is 10.2. The van der Waals surface area contributed by atoms with Crippen molar-refractivity contribution in [1.29, 1.82) is 0 Å². The van der Waals surface area contributed by atoms with E-state index in [2.05, 4.69) is 4.98 Å². The molecule has 0 unspecified atom stereocenters. The van der Waals surface area contributed by atoms with Crippen molar-refractivity contribution in [2.45, 2.75) is 10.8 Å². The van der Waals surface area contributed by atoms with Gasteiger partial charge in [-0.15, -0.1) is 23.1 Å². The monoisotopic (exact) mass is 277 g/mol. The van der Waals surface area contributed by atoms with Gasteiger partial charge in [0, 0.05) is 22.9 Å². The molecule has 0 fully saturated rings. The number of aromatic nitrogens is 1. The molecule has 92 valence electrons. The van der Waals surface area contributed by atoms with Crippen molar-refractivity contribution < 1.29 is 9.90 Å². The highest BCUT2D eigenvalue weighted by atomic mass is 32.2. The number of pyridine rings is 1. The molecule has 5 heteroatoms. The third-order valence-electron chi connectivity index (χ3n) is 2.17. The molecule has 0 saturated carbocycles. The predicted molar refractivity (Wildman–Crippen MR) is 74.8 cm³/mol. The fourth-order valence-electron chi connectivity index (χ4n) is 1.35. The SMILES string of the molecule is O=C(O)C=Cc1ccsc1CSc1ccccn1. The summed E-state index contributed by atoms with van der Waals surface area (Å²) in [4.78, 5) is 15.9. The van der Waals surface area contributed by atoms with Crippen LogP contribution in [0.4, 0.5) is 0 Å². The number of nitrogens with zero attached hydrogens (tertiary/aromatic N) is 1. The molecule has 0 aliphatic carbocycles. The van der Waals surface area contributed by atoms with Gasteiger partial charge >= 0.3 is 5.97 Å².